The summed E-state index contributed by atoms with van der Waals surface area (Å²) in [6, 6.07) is 6.63. The van der Waals surface area contributed by atoms with E-state index in [1.807, 2.05) is 0 Å². The van der Waals surface area contributed by atoms with Crippen molar-refractivity contribution in [1.82, 2.24) is 9.78 Å². The number of anilines is 2. The second-order valence-electron chi connectivity index (χ2n) is 5.58. The first-order chi connectivity index (χ1) is 12.9. The van der Waals surface area contributed by atoms with Gasteiger partial charge in [-0.1, -0.05) is 0 Å². The zero-order valence-corrected chi connectivity index (χ0v) is 14.4. The summed E-state index contributed by atoms with van der Waals surface area (Å²) in [5.74, 6) is -1.83. The van der Waals surface area contributed by atoms with Gasteiger partial charge in [-0.05, 0) is 30.3 Å². The summed E-state index contributed by atoms with van der Waals surface area (Å²) in [5, 5.41) is 8.63. The van der Waals surface area contributed by atoms with Gasteiger partial charge in [0.15, 0.2) is 5.82 Å². The Kier molecular flexibility index (Phi) is 5.02. The fraction of sp³-hybridized carbons (Fsp3) is 0.111. The summed E-state index contributed by atoms with van der Waals surface area (Å²) in [5.41, 5.74) is 0.688. The van der Waals surface area contributed by atoms with E-state index in [0.29, 0.717) is 23.1 Å². The van der Waals surface area contributed by atoms with Crippen molar-refractivity contribution >= 4 is 17.4 Å². The molecule has 0 aliphatic rings. The highest BCUT2D eigenvalue weighted by Gasteiger charge is 2.17. The summed E-state index contributed by atoms with van der Waals surface area (Å²) in [7, 11) is 3.01. The minimum absolute atomic E-state index is 0.180. The highest BCUT2D eigenvalue weighted by atomic mass is 19.1. The smallest absolute Gasteiger partial charge is 0.323 e. The number of rotatable bonds is 4. The van der Waals surface area contributed by atoms with E-state index < -0.39 is 23.5 Å². The van der Waals surface area contributed by atoms with E-state index in [-0.39, 0.29) is 11.4 Å². The summed E-state index contributed by atoms with van der Waals surface area (Å²) in [4.78, 5) is 12.1. The summed E-state index contributed by atoms with van der Waals surface area (Å²) >= 11 is 0. The third kappa shape index (κ3) is 3.86. The van der Waals surface area contributed by atoms with E-state index in [1.54, 1.807) is 13.1 Å². The maximum Gasteiger partial charge on any atom is 0.323 e. The van der Waals surface area contributed by atoms with Gasteiger partial charge in [-0.15, -0.1) is 0 Å². The Hall–Kier alpha value is -3.49. The molecule has 0 bridgehead atoms. The van der Waals surface area contributed by atoms with E-state index in [9.17, 15) is 18.0 Å². The van der Waals surface area contributed by atoms with E-state index >= 15 is 0 Å². The van der Waals surface area contributed by atoms with Gasteiger partial charge in [0.1, 0.15) is 23.1 Å². The molecule has 1 heterocycles. The summed E-state index contributed by atoms with van der Waals surface area (Å²) in [6.07, 6.45) is 1.07. The average Bonchev–Trinajstić information content (AvgIpc) is 2.96. The number of carbonyl (C=O) groups excluding carboxylic acids is 1. The lowest BCUT2D eigenvalue weighted by molar-refractivity contribution is 0.262. The molecule has 6 nitrogen and oxygen atoms in total. The third-order valence-electron chi connectivity index (χ3n) is 3.79. The zero-order valence-electron chi connectivity index (χ0n) is 14.4. The van der Waals surface area contributed by atoms with Crippen molar-refractivity contribution in [1.29, 1.82) is 0 Å². The van der Waals surface area contributed by atoms with Crippen LogP contribution >= 0.6 is 0 Å². The van der Waals surface area contributed by atoms with Gasteiger partial charge in [0.25, 0.3) is 0 Å². The van der Waals surface area contributed by atoms with Crippen LogP contribution in [0.3, 0.4) is 0 Å². The molecule has 0 aliphatic heterocycles. The van der Waals surface area contributed by atoms with Crippen molar-refractivity contribution in [2.24, 2.45) is 7.05 Å². The van der Waals surface area contributed by atoms with Gasteiger partial charge in [0, 0.05) is 24.4 Å². The lowest BCUT2D eigenvalue weighted by Crippen LogP contribution is -2.20. The van der Waals surface area contributed by atoms with Gasteiger partial charge in [-0.2, -0.15) is 5.10 Å². The van der Waals surface area contributed by atoms with Crippen LogP contribution in [-0.2, 0) is 7.05 Å². The van der Waals surface area contributed by atoms with Gasteiger partial charge < -0.3 is 15.4 Å². The van der Waals surface area contributed by atoms with Crippen LogP contribution in [0, 0.1) is 17.5 Å². The first kappa shape index (κ1) is 18.3. The minimum Gasteiger partial charge on any atom is -0.496 e. The molecule has 140 valence electrons. The molecule has 2 amide bonds. The van der Waals surface area contributed by atoms with Crippen LogP contribution in [0.15, 0.2) is 42.6 Å². The molecule has 0 aliphatic carbocycles. The number of hydrogen-bond donors (Lipinski definition) is 2. The number of nitrogens with zero attached hydrogens (tertiary/aromatic N) is 2. The lowest BCUT2D eigenvalue weighted by Gasteiger charge is -2.13. The second kappa shape index (κ2) is 7.40. The van der Waals surface area contributed by atoms with Crippen LogP contribution in [-0.4, -0.2) is 22.9 Å². The summed E-state index contributed by atoms with van der Waals surface area (Å²) < 4.78 is 47.2. The third-order valence-corrected chi connectivity index (χ3v) is 3.79. The highest BCUT2D eigenvalue weighted by molar-refractivity contribution is 6.00. The predicted octanol–water partition coefficient (Wildman–Crippen LogP) is 4.16. The standard InChI is InChI=1S/C18H15F3N4O2/c1-25-17(14(21)9-22-25)12-8-11(4-6-16(12)27-2)23-18(26)24-15-5-3-10(19)7-13(15)20/h3-9H,1-2H3,(H2,23,24,26). The molecular formula is C18H15F3N4O2. The highest BCUT2D eigenvalue weighted by Crippen LogP contribution is 2.33. The number of ether oxygens (including phenoxy) is 1. The summed E-state index contributed by atoms with van der Waals surface area (Å²) in [6.45, 7) is 0. The predicted molar refractivity (Wildman–Crippen MR) is 94.2 cm³/mol. The number of methoxy groups -OCH3 is 1. The number of aryl methyl sites for hydroxylation is 1. The quantitative estimate of drug-likeness (QED) is 0.719. The number of nitrogens with one attached hydrogen (secondary N) is 2. The number of urea groups is 1. The molecule has 0 radical (unpaired) electrons. The molecule has 3 aromatic rings. The Morgan fingerprint density at radius 3 is 2.48 bits per heavy atom. The molecule has 2 N–H and O–H groups in total. The first-order valence-electron chi connectivity index (χ1n) is 7.78. The molecule has 0 saturated heterocycles. The van der Waals surface area contributed by atoms with E-state index in [0.717, 1.165) is 18.3 Å². The molecule has 9 heteroatoms. The van der Waals surface area contributed by atoms with E-state index in [2.05, 4.69) is 15.7 Å². The Morgan fingerprint density at radius 2 is 1.85 bits per heavy atom. The van der Waals surface area contributed by atoms with E-state index in [1.165, 1.54) is 23.9 Å². The average molecular weight is 376 g/mol. The van der Waals surface area contributed by atoms with Crippen molar-refractivity contribution in [3.63, 3.8) is 0 Å². The van der Waals surface area contributed by atoms with Crippen molar-refractivity contribution in [2.75, 3.05) is 17.7 Å². The molecule has 1 aromatic heterocycles. The van der Waals surface area contributed by atoms with Gasteiger partial charge >= 0.3 is 6.03 Å². The molecule has 0 unspecified atom stereocenters. The van der Waals surface area contributed by atoms with Crippen LogP contribution in [0.5, 0.6) is 5.75 Å². The minimum atomic E-state index is -0.905. The van der Waals surface area contributed by atoms with Crippen LogP contribution in [0.1, 0.15) is 0 Å². The molecular weight excluding hydrogens is 361 g/mol. The molecule has 0 spiro atoms. The van der Waals surface area contributed by atoms with Gasteiger partial charge in [0.2, 0.25) is 0 Å². The number of halogens is 3. The fourth-order valence-electron chi connectivity index (χ4n) is 2.56. The number of hydrogen-bond acceptors (Lipinski definition) is 3. The molecule has 0 atom stereocenters. The normalized spacial score (nSPS) is 10.6. The van der Waals surface area contributed by atoms with Crippen molar-refractivity contribution < 1.29 is 22.7 Å². The van der Waals surface area contributed by atoms with Gasteiger partial charge in [0.05, 0.1) is 19.0 Å². The van der Waals surface area contributed by atoms with Crippen molar-refractivity contribution in [2.45, 2.75) is 0 Å². The molecule has 3 rings (SSSR count). The van der Waals surface area contributed by atoms with Gasteiger partial charge in [-0.3, -0.25) is 4.68 Å². The van der Waals surface area contributed by atoms with Crippen LogP contribution in [0.4, 0.5) is 29.3 Å². The number of amides is 2. The number of benzene rings is 2. The zero-order chi connectivity index (χ0) is 19.6. The first-order valence-corrected chi connectivity index (χ1v) is 7.78. The molecule has 27 heavy (non-hydrogen) atoms. The van der Waals surface area contributed by atoms with Crippen LogP contribution in [0.25, 0.3) is 11.3 Å². The lowest BCUT2D eigenvalue weighted by atomic mass is 10.1. The maximum atomic E-state index is 14.1. The number of aromatic nitrogens is 2. The fourth-order valence-corrected chi connectivity index (χ4v) is 2.56. The number of carbonyl (C=O) groups is 1. The maximum absolute atomic E-state index is 14.1. The molecule has 0 fully saturated rings. The monoisotopic (exact) mass is 376 g/mol. The van der Waals surface area contributed by atoms with Crippen LogP contribution in [0.2, 0.25) is 0 Å². The van der Waals surface area contributed by atoms with Crippen molar-refractivity contribution in [3.05, 3.63) is 60.0 Å². The molecule has 2 aromatic carbocycles. The van der Waals surface area contributed by atoms with Crippen LogP contribution < -0.4 is 15.4 Å². The second-order valence-corrected chi connectivity index (χ2v) is 5.58. The Bertz CT molecular complexity index is 985. The Morgan fingerprint density at radius 1 is 1.07 bits per heavy atom. The molecule has 0 saturated carbocycles. The SMILES string of the molecule is COc1ccc(NC(=O)Nc2ccc(F)cc2F)cc1-c1c(F)cnn1C. The largest absolute Gasteiger partial charge is 0.496 e. The Labute approximate surface area is 152 Å². The van der Waals surface area contributed by atoms with Gasteiger partial charge in [-0.25, -0.2) is 18.0 Å². The van der Waals surface area contributed by atoms with E-state index in [4.69, 9.17) is 4.74 Å². The topological polar surface area (TPSA) is 68.2 Å². The van der Waals surface area contributed by atoms with Crippen molar-refractivity contribution in [3.8, 4) is 17.0 Å². The Balaban J connectivity index is 1.85.